The minimum absolute atomic E-state index is 0.121. The van der Waals surface area contributed by atoms with Gasteiger partial charge in [-0.05, 0) is 18.8 Å². The van der Waals surface area contributed by atoms with E-state index in [2.05, 4.69) is 6.92 Å². The summed E-state index contributed by atoms with van der Waals surface area (Å²) in [5.74, 6) is 0.639. The van der Waals surface area contributed by atoms with Crippen LogP contribution in [0.2, 0.25) is 0 Å². The Hall–Kier alpha value is -0.570. The van der Waals surface area contributed by atoms with Gasteiger partial charge < -0.3 is 9.47 Å². The molecular weight excluding hydrogens is 180 g/mol. The molecule has 0 saturated heterocycles. The monoisotopic (exact) mass is 200 g/mol. The van der Waals surface area contributed by atoms with Crippen LogP contribution >= 0.6 is 0 Å². The summed E-state index contributed by atoms with van der Waals surface area (Å²) < 4.78 is 10.1. The lowest BCUT2D eigenvalue weighted by Gasteiger charge is -2.04. The molecular formula is C11H20O3. The SMILES string of the molecule is CCCCOC(=O)COCCC1CC1. The van der Waals surface area contributed by atoms with Crippen molar-refractivity contribution in [3.63, 3.8) is 0 Å². The minimum atomic E-state index is -0.228. The van der Waals surface area contributed by atoms with Crippen molar-refractivity contribution >= 4 is 5.97 Å². The second kappa shape index (κ2) is 6.82. The van der Waals surface area contributed by atoms with Crippen molar-refractivity contribution in [2.24, 2.45) is 5.92 Å². The molecule has 3 nitrogen and oxygen atoms in total. The van der Waals surface area contributed by atoms with Gasteiger partial charge >= 0.3 is 5.97 Å². The summed E-state index contributed by atoms with van der Waals surface area (Å²) in [5, 5.41) is 0. The van der Waals surface area contributed by atoms with Gasteiger partial charge in [0.05, 0.1) is 6.61 Å². The molecule has 0 amide bonds. The molecule has 1 aliphatic rings. The summed E-state index contributed by atoms with van der Waals surface area (Å²) in [4.78, 5) is 11.0. The van der Waals surface area contributed by atoms with Crippen molar-refractivity contribution < 1.29 is 14.3 Å². The zero-order valence-electron chi connectivity index (χ0n) is 8.96. The van der Waals surface area contributed by atoms with Crippen LogP contribution in [-0.4, -0.2) is 25.8 Å². The molecule has 1 fully saturated rings. The van der Waals surface area contributed by atoms with E-state index in [-0.39, 0.29) is 12.6 Å². The maximum atomic E-state index is 11.0. The average molecular weight is 200 g/mol. The summed E-state index contributed by atoms with van der Waals surface area (Å²) in [6.45, 7) is 3.42. The average Bonchev–Trinajstić information content (AvgIpc) is 2.97. The van der Waals surface area contributed by atoms with E-state index in [9.17, 15) is 4.79 Å². The van der Waals surface area contributed by atoms with E-state index in [1.807, 2.05) is 0 Å². The molecule has 3 heteroatoms. The molecule has 0 aliphatic heterocycles. The van der Waals surface area contributed by atoms with E-state index in [4.69, 9.17) is 9.47 Å². The zero-order chi connectivity index (χ0) is 10.2. The van der Waals surface area contributed by atoms with Crippen LogP contribution in [0, 0.1) is 5.92 Å². The van der Waals surface area contributed by atoms with Gasteiger partial charge in [0.1, 0.15) is 6.61 Å². The Kier molecular flexibility index (Phi) is 5.60. The third-order valence-corrected chi connectivity index (χ3v) is 2.35. The van der Waals surface area contributed by atoms with Gasteiger partial charge in [-0.15, -0.1) is 0 Å². The highest BCUT2D eigenvalue weighted by molar-refractivity contribution is 5.70. The van der Waals surface area contributed by atoms with Crippen LogP contribution in [0.15, 0.2) is 0 Å². The maximum absolute atomic E-state index is 11.0. The molecule has 0 spiro atoms. The van der Waals surface area contributed by atoms with Crippen molar-refractivity contribution in [1.82, 2.24) is 0 Å². The molecule has 14 heavy (non-hydrogen) atoms. The van der Waals surface area contributed by atoms with E-state index in [0.29, 0.717) is 13.2 Å². The lowest BCUT2D eigenvalue weighted by molar-refractivity contribution is -0.149. The summed E-state index contributed by atoms with van der Waals surface area (Å²) >= 11 is 0. The number of rotatable bonds is 8. The van der Waals surface area contributed by atoms with E-state index in [1.165, 1.54) is 12.8 Å². The molecule has 0 aromatic rings. The van der Waals surface area contributed by atoms with Crippen molar-refractivity contribution in [3.05, 3.63) is 0 Å². The van der Waals surface area contributed by atoms with Crippen LogP contribution < -0.4 is 0 Å². The Balaban J connectivity index is 1.81. The first-order chi connectivity index (χ1) is 6.83. The molecule has 0 aromatic heterocycles. The predicted octanol–water partition coefficient (Wildman–Crippen LogP) is 2.15. The van der Waals surface area contributed by atoms with Gasteiger partial charge in [0.2, 0.25) is 0 Å². The Morgan fingerprint density at radius 3 is 2.79 bits per heavy atom. The number of ether oxygens (including phenoxy) is 2. The maximum Gasteiger partial charge on any atom is 0.332 e. The molecule has 0 atom stereocenters. The van der Waals surface area contributed by atoms with Crippen LogP contribution in [0.1, 0.15) is 39.0 Å². The Morgan fingerprint density at radius 1 is 1.36 bits per heavy atom. The summed E-state index contributed by atoms with van der Waals surface area (Å²) in [6.07, 6.45) is 5.76. The topological polar surface area (TPSA) is 35.5 Å². The zero-order valence-corrected chi connectivity index (χ0v) is 8.96. The first-order valence-corrected chi connectivity index (χ1v) is 5.56. The van der Waals surface area contributed by atoms with Crippen LogP contribution in [0.5, 0.6) is 0 Å². The summed E-state index contributed by atoms with van der Waals surface area (Å²) in [6, 6.07) is 0. The highest BCUT2D eigenvalue weighted by atomic mass is 16.6. The standard InChI is InChI=1S/C11H20O3/c1-2-3-7-14-11(12)9-13-8-6-10-4-5-10/h10H,2-9H2,1H3. The number of esters is 1. The molecule has 0 N–H and O–H groups in total. The Morgan fingerprint density at radius 2 is 2.14 bits per heavy atom. The van der Waals surface area contributed by atoms with Gasteiger partial charge in [-0.3, -0.25) is 0 Å². The molecule has 0 unspecified atom stereocenters. The van der Waals surface area contributed by atoms with Gasteiger partial charge in [0, 0.05) is 6.61 Å². The second-order valence-corrected chi connectivity index (χ2v) is 3.86. The largest absolute Gasteiger partial charge is 0.464 e. The molecule has 0 bridgehead atoms. The predicted molar refractivity (Wildman–Crippen MR) is 54.0 cm³/mol. The van der Waals surface area contributed by atoms with E-state index < -0.39 is 0 Å². The molecule has 1 saturated carbocycles. The van der Waals surface area contributed by atoms with Crippen LogP contribution in [0.25, 0.3) is 0 Å². The van der Waals surface area contributed by atoms with E-state index in [0.717, 1.165) is 25.2 Å². The van der Waals surface area contributed by atoms with Crippen molar-refractivity contribution in [1.29, 1.82) is 0 Å². The second-order valence-electron chi connectivity index (χ2n) is 3.86. The normalized spacial score (nSPS) is 15.5. The van der Waals surface area contributed by atoms with Crippen LogP contribution in [-0.2, 0) is 14.3 Å². The van der Waals surface area contributed by atoms with Gasteiger partial charge in [0.15, 0.2) is 0 Å². The molecule has 0 radical (unpaired) electrons. The van der Waals surface area contributed by atoms with Crippen molar-refractivity contribution in [3.8, 4) is 0 Å². The smallest absolute Gasteiger partial charge is 0.332 e. The van der Waals surface area contributed by atoms with Gasteiger partial charge in [-0.25, -0.2) is 4.79 Å². The van der Waals surface area contributed by atoms with Crippen molar-refractivity contribution in [2.75, 3.05) is 19.8 Å². The molecule has 0 heterocycles. The fourth-order valence-corrected chi connectivity index (χ4v) is 1.18. The Bertz CT molecular complexity index is 164. The molecule has 1 aliphatic carbocycles. The first-order valence-electron chi connectivity index (χ1n) is 5.56. The molecule has 82 valence electrons. The molecule has 1 rings (SSSR count). The third kappa shape index (κ3) is 5.97. The highest BCUT2D eigenvalue weighted by Gasteiger charge is 2.20. The van der Waals surface area contributed by atoms with Gasteiger partial charge in [0.25, 0.3) is 0 Å². The van der Waals surface area contributed by atoms with Crippen molar-refractivity contribution in [2.45, 2.75) is 39.0 Å². The highest BCUT2D eigenvalue weighted by Crippen LogP contribution is 2.31. The lowest BCUT2D eigenvalue weighted by Crippen LogP contribution is -2.14. The lowest BCUT2D eigenvalue weighted by atomic mass is 10.3. The fraction of sp³-hybridized carbons (Fsp3) is 0.909. The van der Waals surface area contributed by atoms with E-state index >= 15 is 0 Å². The van der Waals surface area contributed by atoms with E-state index in [1.54, 1.807) is 0 Å². The minimum Gasteiger partial charge on any atom is -0.464 e. The number of hydrogen-bond acceptors (Lipinski definition) is 3. The van der Waals surface area contributed by atoms with Crippen LogP contribution in [0.3, 0.4) is 0 Å². The molecule has 0 aromatic carbocycles. The number of hydrogen-bond donors (Lipinski definition) is 0. The van der Waals surface area contributed by atoms with Gasteiger partial charge in [-0.1, -0.05) is 26.2 Å². The number of unbranched alkanes of at least 4 members (excludes halogenated alkanes) is 1. The van der Waals surface area contributed by atoms with Crippen LogP contribution in [0.4, 0.5) is 0 Å². The Labute approximate surface area is 85.8 Å². The quantitative estimate of drug-likeness (QED) is 0.445. The first kappa shape index (κ1) is 11.5. The number of carbonyl (C=O) groups is 1. The van der Waals surface area contributed by atoms with Gasteiger partial charge in [-0.2, -0.15) is 0 Å². The summed E-state index contributed by atoms with van der Waals surface area (Å²) in [7, 11) is 0. The third-order valence-electron chi connectivity index (χ3n) is 2.35. The fourth-order valence-electron chi connectivity index (χ4n) is 1.18. The number of carbonyl (C=O) groups excluding carboxylic acids is 1. The summed E-state index contributed by atoms with van der Waals surface area (Å²) in [5.41, 5.74) is 0.